The lowest BCUT2D eigenvalue weighted by atomic mass is 9.44. The first-order valence-corrected chi connectivity index (χ1v) is 24.9. The van der Waals surface area contributed by atoms with Crippen molar-refractivity contribution in [3.8, 4) is 0 Å². The summed E-state index contributed by atoms with van der Waals surface area (Å²) in [4.78, 5) is 13.3. The average molecular weight is 739 g/mol. The zero-order chi connectivity index (χ0) is 37.9. The molecule has 310 valence electrons. The Hall–Kier alpha value is -0.530. The normalized spacial score (nSPS) is 31.6. The fraction of sp³-hybridized carbons (Fsp3) is 0.980. The fourth-order valence-corrected chi connectivity index (χ4v) is 13.4. The molecule has 0 heterocycles. The highest BCUT2D eigenvalue weighted by molar-refractivity contribution is 5.69. The van der Waals surface area contributed by atoms with Crippen LogP contribution in [0.1, 0.15) is 260 Å². The van der Waals surface area contributed by atoms with Crippen LogP contribution in [-0.2, 0) is 9.53 Å². The highest BCUT2D eigenvalue weighted by atomic mass is 16.5. The van der Waals surface area contributed by atoms with E-state index in [-0.39, 0.29) is 17.5 Å². The van der Waals surface area contributed by atoms with E-state index < -0.39 is 0 Å². The maximum Gasteiger partial charge on any atom is 0.306 e. The molecule has 2 heteroatoms. The number of hydrogen-bond acceptors (Lipinski definition) is 2. The van der Waals surface area contributed by atoms with Crippen LogP contribution in [0.3, 0.4) is 0 Å². The number of fused-ring (bicyclic) bond motifs is 5. The van der Waals surface area contributed by atoms with Gasteiger partial charge in [0.05, 0.1) is 0 Å². The van der Waals surface area contributed by atoms with E-state index in [4.69, 9.17) is 4.74 Å². The van der Waals surface area contributed by atoms with Crippen molar-refractivity contribution < 1.29 is 9.53 Å². The van der Waals surface area contributed by atoms with Gasteiger partial charge in [-0.2, -0.15) is 0 Å². The van der Waals surface area contributed by atoms with Gasteiger partial charge in [-0.05, 0) is 111 Å². The van der Waals surface area contributed by atoms with Crippen LogP contribution >= 0.6 is 0 Å². The molecule has 0 aromatic carbocycles. The van der Waals surface area contributed by atoms with Crippen molar-refractivity contribution in [2.45, 2.75) is 266 Å². The maximum atomic E-state index is 13.3. The average Bonchev–Trinajstić information content (AvgIpc) is 3.49. The van der Waals surface area contributed by atoms with Gasteiger partial charge in [0.2, 0.25) is 0 Å². The van der Waals surface area contributed by atoms with Gasteiger partial charge in [-0.3, -0.25) is 4.79 Å². The van der Waals surface area contributed by atoms with Gasteiger partial charge < -0.3 is 4.74 Å². The minimum Gasteiger partial charge on any atom is -0.462 e. The summed E-state index contributed by atoms with van der Waals surface area (Å²) in [5.41, 5.74) is 0.737. The molecule has 0 amide bonds. The predicted octanol–water partition coefficient (Wildman–Crippen LogP) is 16.6. The molecule has 4 fully saturated rings. The Labute approximate surface area is 332 Å². The van der Waals surface area contributed by atoms with Gasteiger partial charge in [-0.15, -0.1) is 0 Å². The summed E-state index contributed by atoms with van der Waals surface area (Å²) in [5, 5.41) is 0. The molecule has 53 heavy (non-hydrogen) atoms. The molecule has 1 unspecified atom stereocenters. The van der Waals surface area contributed by atoms with Crippen LogP contribution in [0.15, 0.2) is 0 Å². The summed E-state index contributed by atoms with van der Waals surface area (Å²) >= 11 is 0. The van der Waals surface area contributed by atoms with Crippen molar-refractivity contribution in [3.63, 3.8) is 0 Å². The monoisotopic (exact) mass is 739 g/mol. The van der Waals surface area contributed by atoms with Crippen molar-refractivity contribution in [2.24, 2.45) is 52.3 Å². The summed E-state index contributed by atoms with van der Waals surface area (Å²) in [5.74, 6) is 6.02. The van der Waals surface area contributed by atoms with E-state index in [2.05, 4.69) is 41.5 Å². The molecule has 0 saturated heterocycles. The van der Waals surface area contributed by atoms with Crippen molar-refractivity contribution >= 4 is 5.97 Å². The molecule has 0 radical (unpaired) electrons. The molecule has 9 atom stereocenters. The molecule has 4 rings (SSSR count). The standard InChI is InChI=1S/C51H94O2/c1-7-8-9-10-11-12-13-14-15-16-17-18-19-20-21-22-23-24-25-26-27-34-49(52)53-48-33-29-32-43-35-36-44-46-38-37-45(42(4)31-28-30-41(2)3)50(46,5)40-39-47(44)51(43,48)6/h41-48H,7-40H2,1-6H3/t42-,43+,44+,45-,46+,47+,48?,50-,51+/m1/s1. The molecule has 0 aromatic heterocycles. The molecule has 4 saturated carbocycles. The minimum absolute atomic E-state index is 0.119. The number of rotatable bonds is 28. The van der Waals surface area contributed by atoms with Gasteiger partial charge in [0.25, 0.3) is 0 Å². The first-order chi connectivity index (χ1) is 25.7. The third-order valence-corrected chi connectivity index (χ3v) is 16.6. The van der Waals surface area contributed by atoms with Crippen LogP contribution in [0.5, 0.6) is 0 Å². The third kappa shape index (κ3) is 13.5. The highest BCUT2D eigenvalue weighted by Gasteiger charge is 2.62. The lowest BCUT2D eigenvalue weighted by Crippen LogP contribution is -2.58. The van der Waals surface area contributed by atoms with Gasteiger partial charge in [-0.1, -0.05) is 189 Å². The number of carbonyl (C=O) groups is 1. The van der Waals surface area contributed by atoms with Crippen LogP contribution in [0, 0.1) is 52.3 Å². The Bertz CT molecular complexity index is 971. The zero-order valence-corrected chi connectivity index (χ0v) is 37.0. The Morgan fingerprint density at radius 2 is 1.13 bits per heavy atom. The largest absolute Gasteiger partial charge is 0.462 e. The van der Waals surface area contributed by atoms with Gasteiger partial charge in [0.15, 0.2) is 0 Å². The van der Waals surface area contributed by atoms with Crippen LogP contribution < -0.4 is 0 Å². The SMILES string of the molecule is CCCCCCCCCCCCCCCCCCCCCCCC(=O)OC1CCC[C@H]2CC[C@H]3[C@@H]4CC[C@H]([C@H](C)CCCC(C)C)[C@@]4(C)CC[C@@H]3[C@@]12C. The molecule has 0 bridgehead atoms. The first kappa shape index (κ1) is 45.2. The van der Waals surface area contributed by atoms with E-state index in [0.29, 0.717) is 11.8 Å². The predicted molar refractivity (Wildman–Crippen MR) is 230 cm³/mol. The van der Waals surface area contributed by atoms with E-state index in [1.54, 1.807) is 0 Å². The highest BCUT2D eigenvalue weighted by Crippen LogP contribution is 2.68. The Morgan fingerprint density at radius 1 is 0.585 bits per heavy atom. The molecular formula is C51H94O2. The Balaban J connectivity index is 1.05. The molecule has 0 N–H and O–H groups in total. The second kappa shape index (κ2) is 24.3. The molecule has 4 aliphatic carbocycles. The molecule has 0 aliphatic heterocycles. The lowest BCUT2D eigenvalue weighted by molar-refractivity contribution is -0.192. The van der Waals surface area contributed by atoms with Crippen LogP contribution in [0.4, 0.5) is 0 Å². The van der Waals surface area contributed by atoms with Crippen molar-refractivity contribution in [3.05, 3.63) is 0 Å². The lowest BCUT2D eigenvalue weighted by Gasteiger charge is -2.62. The second-order valence-corrected chi connectivity index (χ2v) is 20.8. The van der Waals surface area contributed by atoms with Crippen LogP contribution in [0.25, 0.3) is 0 Å². The van der Waals surface area contributed by atoms with Crippen molar-refractivity contribution in [1.82, 2.24) is 0 Å². The van der Waals surface area contributed by atoms with Gasteiger partial charge >= 0.3 is 5.97 Å². The third-order valence-electron chi connectivity index (χ3n) is 16.6. The van der Waals surface area contributed by atoms with Gasteiger partial charge in [0, 0.05) is 11.8 Å². The molecular weight excluding hydrogens is 645 g/mol. The van der Waals surface area contributed by atoms with Gasteiger partial charge in [-0.25, -0.2) is 0 Å². The number of esters is 1. The van der Waals surface area contributed by atoms with E-state index >= 15 is 0 Å². The quantitative estimate of drug-likeness (QED) is 0.0590. The minimum atomic E-state index is 0.119. The first-order valence-electron chi connectivity index (χ1n) is 24.9. The maximum absolute atomic E-state index is 13.3. The van der Waals surface area contributed by atoms with E-state index in [9.17, 15) is 4.79 Å². The van der Waals surface area contributed by atoms with Crippen molar-refractivity contribution in [1.29, 1.82) is 0 Å². The van der Waals surface area contributed by atoms with E-state index in [0.717, 1.165) is 54.3 Å². The van der Waals surface area contributed by atoms with E-state index in [1.165, 1.54) is 199 Å². The molecule has 0 aromatic rings. The summed E-state index contributed by atoms with van der Waals surface area (Å²) in [6, 6.07) is 0. The summed E-state index contributed by atoms with van der Waals surface area (Å²) in [6.45, 7) is 15.0. The number of carbonyl (C=O) groups excluding carboxylic acids is 1. The van der Waals surface area contributed by atoms with Crippen molar-refractivity contribution in [2.75, 3.05) is 0 Å². The molecule has 2 nitrogen and oxygen atoms in total. The molecule has 0 spiro atoms. The number of hydrogen-bond donors (Lipinski definition) is 0. The smallest absolute Gasteiger partial charge is 0.306 e. The summed E-state index contributed by atoms with van der Waals surface area (Å²) in [6.07, 6.45) is 46.7. The Kier molecular flexibility index (Phi) is 20.7. The van der Waals surface area contributed by atoms with Crippen LogP contribution in [-0.4, -0.2) is 12.1 Å². The zero-order valence-electron chi connectivity index (χ0n) is 37.0. The number of unbranched alkanes of at least 4 members (excludes halogenated alkanes) is 20. The molecule has 4 aliphatic rings. The van der Waals surface area contributed by atoms with Crippen LogP contribution in [0.2, 0.25) is 0 Å². The van der Waals surface area contributed by atoms with E-state index in [1.807, 2.05) is 0 Å². The number of ether oxygens (including phenoxy) is 1. The topological polar surface area (TPSA) is 26.3 Å². The summed E-state index contributed by atoms with van der Waals surface area (Å²) < 4.78 is 6.58. The fourth-order valence-electron chi connectivity index (χ4n) is 13.4. The second-order valence-electron chi connectivity index (χ2n) is 20.8. The summed E-state index contributed by atoms with van der Waals surface area (Å²) in [7, 11) is 0. The van der Waals surface area contributed by atoms with Gasteiger partial charge in [0.1, 0.15) is 6.10 Å². The Morgan fingerprint density at radius 3 is 1.68 bits per heavy atom.